The molecule has 0 unspecified atom stereocenters. The first-order valence-corrected chi connectivity index (χ1v) is 5.65. The van der Waals surface area contributed by atoms with Gasteiger partial charge in [-0.2, -0.15) is 11.8 Å². The molecule has 1 rings (SSSR count). The van der Waals surface area contributed by atoms with E-state index in [0.717, 1.165) is 22.5 Å². The Morgan fingerprint density at radius 2 is 2.33 bits per heavy atom. The van der Waals surface area contributed by atoms with Gasteiger partial charge in [-0.3, -0.25) is 4.98 Å². The van der Waals surface area contributed by atoms with E-state index in [4.69, 9.17) is 5.73 Å². The lowest BCUT2D eigenvalue weighted by Gasteiger charge is -1.99. The van der Waals surface area contributed by atoms with Crippen molar-refractivity contribution >= 4 is 27.7 Å². The Balaban J connectivity index is 2.41. The fourth-order valence-electron chi connectivity index (χ4n) is 0.808. The Kier molecular flexibility index (Phi) is 4.65. The summed E-state index contributed by atoms with van der Waals surface area (Å²) in [5.41, 5.74) is 6.62. The molecule has 0 aliphatic rings. The monoisotopic (exact) mass is 246 g/mol. The van der Waals surface area contributed by atoms with Gasteiger partial charge in [0.15, 0.2) is 0 Å². The quantitative estimate of drug-likeness (QED) is 0.827. The zero-order valence-electron chi connectivity index (χ0n) is 6.66. The minimum Gasteiger partial charge on any atom is -0.330 e. The lowest BCUT2D eigenvalue weighted by Crippen LogP contribution is -2.01. The summed E-state index contributed by atoms with van der Waals surface area (Å²) >= 11 is 5.20. The second kappa shape index (κ2) is 5.56. The number of pyridine rings is 1. The summed E-state index contributed by atoms with van der Waals surface area (Å²) < 4.78 is 1.04. The molecule has 0 saturated carbocycles. The summed E-state index contributed by atoms with van der Waals surface area (Å²) in [4.78, 5) is 4.07. The molecule has 12 heavy (non-hydrogen) atoms. The van der Waals surface area contributed by atoms with Crippen LogP contribution < -0.4 is 5.73 Å². The van der Waals surface area contributed by atoms with Gasteiger partial charge in [0.25, 0.3) is 0 Å². The number of hydrogen-bond donors (Lipinski definition) is 1. The van der Waals surface area contributed by atoms with Gasteiger partial charge in [-0.15, -0.1) is 0 Å². The molecule has 0 fully saturated rings. The second-order valence-electron chi connectivity index (χ2n) is 2.35. The van der Waals surface area contributed by atoms with Crippen LogP contribution in [0.5, 0.6) is 0 Å². The molecule has 0 aromatic carbocycles. The van der Waals surface area contributed by atoms with Gasteiger partial charge in [-0.25, -0.2) is 0 Å². The van der Waals surface area contributed by atoms with Crippen LogP contribution in [0.25, 0.3) is 0 Å². The predicted molar refractivity (Wildman–Crippen MR) is 57.2 cm³/mol. The first-order valence-electron chi connectivity index (χ1n) is 3.70. The van der Waals surface area contributed by atoms with Crippen LogP contribution in [0.4, 0.5) is 0 Å². The van der Waals surface area contributed by atoms with E-state index < -0.39 is 0 Å². The normalized spacial score (nSPS) is 10.2. The third-order valence-electron chi connectivity index (χ3n) is 1.29. The summed E-state index contributed by atoms with van der Waals surface area (Å²) in [6, 6.07) is 2.08. The maximum absolute atomic E-state index is 5.38. The molecule has 0 amide bonds. The minimum absolute atomic E-state index is 0.742. The third-order valence-corrected chi connectivity index (χ3v) is 2.79. The smallest absolute Gasteiger partial charge is 0.0410 e. The summed E-state index contributed by atoms with van der Waals surface area (Å²) in [5, 5.41) is 0. The number of hydrogen-bond acceptors (Lipinski definition) is 3. The first-order chi connectivity index (χ1) is 5.83. The van der Waals surface area contributed by atoms with Crippen molar-refractivity contribution in [3.63, 3.8) is 0 Å². The van der Waals surface area contributed by atoms with Gasteiger partial charge in [0.1, 0.15) is 0 Å². The number of rotatable bonds is 4. The molecular formula is C8H11BrN2S. The minimum atomic E-state index is 0.742. The molecule has 66 valence electrons. The van der Waals surface area contributed by atoms with Crippen LogP contribution in [0.15, 0.2) is 22.9 Å². The van der Waals surface area contributed by atoms with Crippen molar-refractivity contribution < 1.29 is 0 Å². The first kappa shape index (κ1) is 10.0. The Morgan fingerprint density at radius 3 is 3.00 bits per heavy atom. The fourth-order valence-corrected chi connectivity index (χ4v) is 1.92. The van der Waals surface area contributed by atoms with E-state index in [9.17, 15) is 0 Å². The van der Waals surface area contributed by atoms with Crippen molar-refractivity contribution in [2.24, 2.45) is 5.73 Å². The highest BCUT2D eigenvalue weighted by Gasteiger charge is 1.94. The molecule has 0 bridgehead atoms. The average molecular weight is 247 g/mol. The zero-order chi connectivity index (χ0) is 8.81. The molecule has 0 saturated heterocycles. The number of thioether (sulfide) groups is 1. The van der Waals surface area contributed by atoms with Crippen molar-refractivity contribution in [2.45, 2.75) is 5.75 Å². The highest BCUT2D eigenvalue weighted by Crippen LogP contribution is 2.14. The fraction of sp³-hybridized carbons (Fsp3) is 0.375. The van der Waals surface area contributed by atoms with Crippen LogP contribution in [0.3, 0.4) is 0 Å². The zero-order valence-corrected chi connectivity index (χ0v) is 9.07. The van der Waals surface area contributed by atoms with E-state index in [2.05, 4.69) is 27.0 Å². The molecule has 2 N–H and O–H groups in total. The van der Waals surface area contributed by atoms with Crippen molar-refractivity contribution in [1.82, 2.24) is 4.98 Å². The highest BCUT2D eigenvalue weighted by molar-refractivity contribution is 9.10. The van der Waals surface area contributed by atoms with Gasteiger partial charge in [0.2, 0.25) is 0 Å². The largest absolute Gasteiger partial charge is 0.330 e. The SMILES string of the molecule is NCCSCc1cncc(Br)c1. The Bertz CT molecular complexity index is 242. The Hall–Kier alpha value is -0.0600. The number of halogens is 1. The maximum Gasteiger partial charge on any atom is 0.0410 e. The lowest BCUT2D eigenvalue weighted by molar-refractivity contribution is 1.14. The van der Waals surface area contributed by atoms with E-state index >= 15 is 0 Å². The molecule has 0 spiro atoms. The van der Waals surface area contributed by atoms with E-state index in [1.807, 2.05) is 18.0 Å². The average Bonchev–Trinajstić information content (AvgIpc) is 2.05. The van der Waals surface area contributed by atoms with E-state index in [1.54, 1.807) is 6.20 Å². The van der Waals surface area contributed by atoms with Gasteiger partial charge in [-0.1, -0.05) is 0 Å². The summed E-state index contributed by atoms with van der Waals surface area (Å²) in [6.07, 6.45) is 3.67. The molecule has 0 aliphatic carbocycles. The van der Waals surface area contributed by atoms with Gasteiger partial charge in [0, 0.05) is 34.9 Å². The molecule has 0 aliphatic heterocycles. The van der Waals surface area contributed by atoms with Gasteiger partial charge >= 0.3 is 0 Å². The van der Waals surface area contributed by atoms with E-state index in [1.165, 1.54) is 5.56 Å². The van der Waals surface area contributed by atoms with Crippen LogP contribution in [-0.4, -0.2) is 17.3 Å². The van der Waals surface area contributed by atoms with Crippen LogP contribution in [0, 0.1) is 0 Å². The van der Waals surface area contributed by atoms with Gasteiger partial charge < -0.3 is 5.73 Å². The molecule has 0 atom stereocenters. The van der Waals surface area contributed by atoms with Crippen LogP contribution in [0.1, 0.15) is 5.56 Å². The topological polar surface area (TPSA) is 38.9 Å². The van der Waals surface area contributed by atoms with Crippen molar-refractivity contribution in [3.8, 4) is 0 Å². The van der Waals surface area contributed by atoms with Gasteiger partial charge in [-0.05, 0) is 27.6 Å². The summed E-state index contributed by atoms with van der Waals surface area (Å²) in [7, 11) is 0. The van der Waals surface area contributed by atoms with Crippen molar-refractivity contribution in [2.75, 3.05) is 12.3 Å². The molecule has 0 radical (unpaired) electrons. The molecule has 1 aromatic rings. The third kappa shape index (κ3) is 3.56. The van der Waals surface area contributed by atoms with Crippen molar-refractivity contribution in [3.05, 3.63) is 28.5 Å². The van der Waals surface area contributed by atoms with Crippen LogP contribution in [0.2, 0.25) is 0 Å². The Labute approximate surface area is 85.1 Å². The number of aromatic nitrogens is 1. The molecule has 1 aromatic heterocycles. The summed E-state index contributed by atoms with van der Waals surface area (Å²) in [6.45, 7) is 0.742. The summed E-state index contributed by atoms with van der Waals surface area (Å²) in [5.74, 6) is 2.00. The van der Waals surface area contributed by atoms with Crippen molar-refractivity contribution in [1.29, 1.82) is 0 Å². The van der Waals surface area contributed by atoms with E-state index in [0.29, 0.717) is 0 Å². The second-order valence-corrected chi connectivity index (χ2v) is 4.37. The lowest BCUT2D eigenvalue weighted by atomic mass is 10.3. The molecule has 2 nitrogen and oxygen atoms in total. The van der Waals surface area contributed by atoms with Gasteiger partial charge in [0.05, 0.1) is 0 Å². The molecular weight excluding hydrogens is 236 g/mol. The number of nitrogens with zero attached hydrogens (tertiary/aromatic N) is 1. The predicted octanol–water partition coefficient (Wildman–Crippen LogP) is 2.04. The van der Waals surface area contributed by atoms with Crippen LogP contribution >= 0.6 is 27.7 Å². The van der Waals surface area contributed by atoms with Crippen LogP contribution in [-0.2, 0) is 5.75 Å². The number of nitrogens with two attached hydrogens (primary N) is 1. The highest BCUT2D eigenvalue weighted by atomic mass is 79.9. The standard InChI is InChI=1S/C8H11BrN2S/c9-8-3-7(4-11-5-8)6-12-2-1-10/h3-5H,1-2,6,10H2. The Morgan fingerprint density at radius 1 is 1.50 bits per heavy atom. The maximum atomic E-state index is 5.38. The molecule has 4 heteroatoms. The molecule has 1 heterocycles. The van der Waals surface area contributed by atoms with E-state index in [-0.39, 0.29) is 0 Å².